The number of terminal acetylenes is 1. The van der Waals surface area contributed by atoms with Gasteiger partial charge in [0, 0.05) is 30.9 Å². The van der Waals surface area contributed by atoms with Crippen molar-refractivity contribution in [2.45, 2.75) is 12.8 Å². The number of rotatable bonds is 6. The largest absolute Gasteiger partial charge is 0.497 e. The lowest BCUT2D eigenvalue weighted by Crippen LogP contribution is -2.41. The van der Waals surface area contributed by atoms with Gasteiger partial charge in [-0.15, -0.1) is 6.42 Å². The van der Waals surface area contributed by atoms with E-state index in [0.717, 1.165) is 43.2 Å². The Morgan fingerprint density at radius 2 is 2.04 bits per heavy atom. The number of nitrogens with zero attached hydrogens (tertiary/aromatic N) is 3. The molecule has 1 aromatic carbocycles. The molecule has 2 aromatic rings. The molecule has 1 aliphatic rings. The van der Waals surface area contributed by atoms with Crippen LogP contribution in [0.3, 0.4) is 0 Å². The number of hydrogen-bond donors (Lipinski definition) is 2. The fourth-order valence-corrected chi connectivity index (χ4v) is 3.02. The molecule has 0 aliphatic carbocycles. The van der Waals surface area contributed by atoms with Gasteiger partial charge >= 0.3 is 0 Å². The van der Waals surface area contributed by atoms with E-state index < -0.39 is 0 Å². The third-order valence-electron chi connectivity index (χ3n) is 4.52. The second kappa shape index (κ2) is 8.90. The first kappa shape index (κ1) is 18.5. The summed E-state index contributed by atoms with van der Waals surface area (Å²) in [4.78, 5) is 23.1. The van der Waals surface area contributed by atoms with Crippen LogP contribution in [-0.4, -0.2) is 42.6 Å². The molecule has 2 N–H and O–H groups in total. The predicted octanol–water partition coefficient (Wildman–Crippen LogP) is 2.19. The molecule has 1 fully saturated rings. The van der Waals surface area contributed by atoms with E-state index in [1.54, 1.807) is 13.3 Å². The van der Waals surface area contributed by atoms with Gasteiger partial charge < -0.3 is 20.3 Å². The van der Waals surface area contributed by atoms with Crippen molar-refractivity contribution in [2.75, 3.05) is 37.0 Å². The summed E-state index contributed by atoms with van der Waals surface area (Å²) in [5.74, 6) is 4.64. The van der Waals surface area contributed by atoms with Crippen molar-refractivity contribution >= 4 is 23.4 Å². The van der Waals surface area contributed by atoms with Gasteiger partial charge in [-0.3, -0.25) is 4.79 Å². The molecule has 3 rings (SSSR count). The van der Waals surface area contributed by atoms with Gasteiger partial charge in [0.1, 0.15) is 11.6 Å². The number of hydrogen-bond acceptors (Lipinski definition) is 6. The second-order valence-electron chi connectivity index (χ2n) is 6.28. The van der Waals surface area contributed by atoms with Gasteiger partial charge in [0.05, 0.1) is 13.7 Å². The third kappa shape index (κ3) is 4.88. The van der Waals surface area contributed by atoms with Crippen molar-refractivity contribution < 1.29 is 9.53 Å². The Bertz CT molecular complexity index is 808. The van der Waals surface area contributed by atoms with E-state index in [-0.39, 0.29) is 18.4 Å². The maximum atomic E-state index is 12.0. The number of amides is 1. The minimum absolute atomic E-state index is 0.00444. The molecule has 1 aliphatic heterocycles. The number of ether oxygens (including phenoxy) is 1. The molecule has 0 radical (unpaired) electrons. The van der Waals surface area contributed by atoms with Crippen molar-refractivity contribution in [3.8, 4) is 18.1 Å². The molecule has 140 valence electrons. The molecule has 7 heteroatoms. The molecule has 7 nitrogen and oxygen atoms in total. The highest BCUT2D eigenvalue weighted by Gasteiger charge is 2.25. The molecule has 1 amide bonds. The summed E-state index contributed by atoms with van der Waals surface area (Å²) in [6.07, 6.45) is 8.44. The Morgan fingerprint density at radius 3 is 2.70 bits per heavy atom. The first-order valence-electron chi connectivity index (χ1n) is 8.90. The zero-order chi connectivity index (χ0) is 19.1. The fraction of sp³-hybridized carbons (Fsp3) is 0.350. The summed E-state index contributed by atoms with van der Waals surface area (Å²) >= 11 is 0. The number of methoxy groups -OCH3 is 1. The van der Waals surface area contributed by atoms with Crippen LogP contribution in [0.2, 0.25) is 0 Å². The van der Waals surface area contributed by atoms with Crippen LogP contribution in [0.15, 0.2) is 36.5 Å². The van der Waals surface area contributed by atoms with Gasteiger partial charge in [0.25, 0.3) is 0 Å². The summed E-state index contributed by atoms with van der Waals surface area (Å²) in [5, 5.41) is 6.03. The fourth-order valence-electron chi connectivity index (χ4n) is 3.02. The van der Waals surface area contributed by atoms with Crippen LogP contribution in [0.25, 0.3) is 0 Å². The van der Waals surface area contributed by atoms with Gasteiger partial charge in [-0.05, 0) is 43.2 Å². The molecule has 0 bridgehead atoms. The number of carbonyl (C=O) groups excluding carboxylic acids is 1. The summed E-state index contributed by atoms with van der Waals surface area (Å²) in [7, 11) is 1.64. The van der Waals surface area contributed by atoms with E-state index in [1.807, 2.05) is 30.3 Å². The monoisotopic (exact) mass is 365 g/mol. The number of anilines is 3. The topological polar surface area (TPSA) is 79.4 Å². The lowest BCUT2D eigenvalue weighted by atomic mass is 9.96. The molecule has 0 saturated carbocycles. The van der Waals surface area contributed by atoms with Gasteiger partial charge in [-0.25, -0.2) is 4.98 Å². The maximum absolute atomic E-state index is 12.0. The van der Waals surface area contributed by atoms with Crippen LogP contribution in [0.1, 0.15) is 12.8 Å². The highest BCUT2D eigenvalue weighted by molar-refractivity contribution is 5.79. The van der Waals surface area contributed by atoms with Crippen LogP contribution >= 0.6 is 0 Å². The minimum Gasteiger partial charge on any atom is -0.497 e. The zero-order valence-corrected chi connectivity index (χ0v) is 15.3. The first-order chi connectivity index (χ1) is 13.2. The molecule has 27 heavy (non-hydrogen) atoms. The predicted molar refractivity (Wildman–Crippen MR) is 105 cm³/mol. The Kier molecular flexibility index (Phi) is 6.10. The van der Waals surface area contributed by atoms with Crippen LogP contribution in [-0.2, 0) is 4.79 Å². The lowest BCUT2D eigenvalue weighted by Gasteiger charge is -2.31. The SMILES string of the molecule is C#CCNC(=O)C1CCN(c2nccc(Nc3ccc(OC)cc3)n2)CC1. The van der Waals surface area contributed by atoms with Crippen LogP contribution in [0.4, 0.5) is 17.5 Å². The molecule has 0 spiro atoms. The normalized spacial score (nSPS) is 14.3. The smallest absolute Gasteiger partial charge is 0.227 e. The number of piperidine rings is 1. The average molecular weight is 365 g/mol. The quantitative estimate of drug-likeness (QED) is 0.764. The Hall–Kier alpha value is -3.27. The average Bonchev–Trinajstić information content (AvgIpc) is 2.73. The zero-order valence-electron chi connectivity index (χ0n) is 15.3. The standard InChI is InChI=1S/C20H23N5O2/c1-3-11-21-19(26)15-9-13-25(14-10-15)20-22-12-8-18(24-20)23-16-4-6-17(27-2)7-5-16/h1,4-8,12,15H,9-11,13-14H2,2H3,(H,21,26)(H,22,23,24). The van der Waals surface area contributed by atoms with E-state index in [2.05, 4.69) is 31.4 Å². The number of aromatic nitrogens is 2. The van der Waals surface area contributed by atoms with E-state index in [0.29, 0.717) is 5.95 Å². The van der Waals surface area contributed by atoms with Gasteiger partial charge in [-0.2, -0.15) is 4.98 Å². The van der Waals surface area contributed by atoms with Gasteiger partial charge in [0.2, 0.25) is 11.9 Å². The highest BCUT2D eigenvalue weighted by atomic mass is 16.5. The summed E-state index contributed by atoms with van der Waals surface area (Å²) in [6.45, 7) is 1.75. The lowest BCUT2D eigenvalue weighted by molar-refractivity contribution is -0.125. The van der Waals surface area contributed by atoms with E-state index in [4.69, 9.17) is 11.2 Å². The summed E-state index contributed by atoms with van der Waals surface area (Å²) in [6, 6.07) is 9.47. The summed E-state index contributed by atoms with van der Waals surface area (Å²) in [5.41, 5.74) is 0.921. The third-order valence-corrected chi connectivity index (χ3v) is 4.52. The number of benzene rings is 1. The Labute approximate surface area is 159 Å². The van der Waals surface area contributed by atoms with Crippen molar-refractivity contribution in [3.05, 3.63) is 36.5 Å². The maximum Gasteiger partial charge on any atom is 0.227 e. The first-order valence-corrected chi connectivity index (χ1v) is 8.90. The Morgan fingerprint density at radius 1 is 1.30 bits per heavy atom. The second-order valence-corrected chi connectivity index (χ2v) is 6.28. The van der Waals surface area contributed by atoms with Crippen LogP contribution < -0.4 is 20.3 Å². The summed E-state index contributed by atoms with van der Waals surface area (Å²) < 4.78 is 5.17. The van der Waals surface area contributed by atoms with Crippen molar-refractivity contribution in [3.63, 3.8) is 0 Å². The molecule has 0 atom stereocenters. The number of nitrogens with one attached hydrogen (secondary N) is 2. The molecule has 1 saturated heterocycles. The molecule has 2 heterocycles. The number of carbonyl (C=O) groups is 1. The van der Waals surface area contributed by atoms with E-state index >= 15 is 0 Å². The van der Waals surface area contributed by atoms with Crippen LogP contribution in [0, 0.1) is 18.3 Å². The molecule has 0 unspecified atom stereocenters. The van der Waals surface area contributed by atoms with Gasteiger partial charge in [0.15, 0.2) is 0 Å². The van der Waals surface area contributed by atoms with Crippen molar-refractivity contribution in [2.24, 2.45) is 5.92 Å². The minimum atomic E-state index is -0.00444. The molecular formula is C20H23N5O2. The Balaban J connectivity index is 1.59. The van der Waals surface area contributed by atoms with Crippen molar-refractivity contribution in [1.82, 2.24) is 15.3 Å². The molecular weight excluding hydrogens is 342 g/mol. The highest BCUT2D eigenvalue weighted by Crippen LogP contribution is 2.23. The van der Waals surface area contributed by atoms with E-state index in [9.17, 15) is 4.79 Å². The van der Waals surface area contributed by atoms with Crippen LogP contribution in [0.5, 0.6) is 5.75 Å². The van der Waals surface area contributed by atoms with E-state index in [1.165, 1.54) is 0 Å². The molecule has 1 aromatic heterocycles. The van der Waals surface area contributed by atoms with Gasteiger partial charge in [-0.1, -0.05) is 5.92 Å². The van der Waals surface area contributed by atoms with Crippen molar-refractivity contribution in [1.29, 1.82) is 0 Å².